The van der Waals surface area contributed by atoms with Crippen LogP contribution in [0.25, 0.3) is 0 Å². The Labute approximate surface area is 73.7 Å². The summed E-state index contributed by atoms with van der Waals surface area (Å²) in [5.74, 6) is 0. The molecule has 0 aromatic rings. The number of nitrogens with zero attached hydrogens (tertiary/aromatic N) is 1. The molecule has 0 aliphatic carbocycles. The number of piperidine rings is 1. The van der Waals surface area contributed by atoms with E-state index in [-0.39, 0.29) is 6.10 Å². The molecule has 0 N–H and O–H groups in total. The van der Waals surface area contributed by atoms with Gasteiger partial charge in [0.15, 0.2) is 0 Å². The van der Waals surface area contributed by atoms with E-state index in [1.165, 1.54) is 0 Å². The maximum Gasteiger partial charge on any atom is 0.293 e. The summed E-state index contributed by atoms with van der Waals surface area (Å²) in [5.41, 5.74) is 0. The molecule has 1 saturated heterocycles. The van der Waals surface area contributed by atoms with E-state index in [2.05, 4.69) is 18.7 Å². The van der Waals surface area contributed by atoms with Gasteiger partial charge in [0.1, 0.15) is 6.10 Å². The highest BCUT2D eigenvalue weighted by Crippen LogP contribution is 2.14. The van der Waals surface area contributed by atoms with Gasteiger partial charge < -0.3 is 4.74 Å². The Morgan fingerprint density at radius 3 is 2.92 bits per heavy atom. The largest absolute Gasteiger partial charge is 0.463 e. The fourth-order valence-electron chi connectivity index (χ4n) is 1.62. The fourth-order valence-corrected chi connectivity index (χ4v) is 1.62. The zero-order valence-corrected chi connectivity index (χ0v) is 7.82. The highest BCUT2D eigenvalue weighted by atomic mass is 16.5. The Kier molecular flexibility index (Phi) is 3.53. The molecule has 0 bridgehead atoms. The van der Waals surface area contributed by atoms with E-state index >= 15 is 0 Å². The van der Waals surface area contributed by atoms with Crippen LogP contribution in [0.2, 0.25) is 0 Å². The normalized spacial score (nSPS) is 25.8. The fraction of sp³-hybridized carbons (Fsp3) is 0.889. The molecule has 1 rings (SSSR count). The summed E-state index contributed by atoms with van der Waals surface area (Å²) < 4.78 is 4.94. The van der Waals surface area contributed by atoms with Gasteiger partial charge in [0.2, 0.25) is 0 Å². The van der Waals surface area contributed by atoms with Crippen LogP contribution in [-0.4, -0.2) is 36.6 Å². The molecule has 0 aromatic heterocycles. The highest BCUT2D eigenvalue weighted by Gasteiger charge is 2.21. The van der Waals surface area contributed by atoms with Gasteiger partial charge in [-0.2, -0.15) is 0 Å². The first kappa shape index (κ1) is 9.52. The molecule has 3 heteroatoms. The number of hydrogen-bond acceptors (Lipinski definition) is 3. The number of likely N-dealkylation sites (tertiary alicyclic amines) is 1. The topological polar surface area (TPSA) is 29.5 Å². The van der Waals surface area contributed by atoms with Crippen molar-refractivity contribution < 1.29 is 9.53 Å². The minimum Gasteiger partial charge on any atom is -0.463 e. The van der Waals surface area contributed by atoms with Crippen molar-refractivity contribution in [3.63, 3.8) is 0 Å². The monoisotopic (exact) mass is 171 g/mol. The molecule has 1 heterocycles. The maximum atomic E-state index is 10.1. The minimum absolute atomic E-state index is 0.124. The van der Waals surface area contributed by atoms with Crippen LogP contribution < -0.4 is 0 Å². The van der Waals surface area contributed by atoms with Crippen molar-refractivity contribution >= 4 is 6.47 Å². The molecule has 0 spiro atoms. The summed E-state index contributed by atoms with van der Waals surface area (Å²) >= 11 is 0. The third kappa shape index (κ3) is 2.48. The van der Waals surface area contributed by atoms with E-state index in [1.54, 1.807) is 0 Å². The first-order chi connectivity index (χ1) is 5.74. The summed E-state index contributed by atoms with van der Waals surface area (Å²) in [6, 6.07) is 0.558. The molecule has 0 aromatic carbocycles. The van der Waals surface area contributed by atoms with Crippen LogP contribution in [0.15, 0.2) is 0 Å². The van der Waals surface area contributed by atoms with Crippen molar-refractivity contribution in [2.24, 2.45) is 0 Å². The zero-order valence-electron chi connectivity index (χ0n) is 7.82. The lowest BCUT2D eigenvalue weighted by Gasteiger charge is -2.34. The Morgan fingerprint density at radius 2 is 2.33 bits per heavy atom. The van der Waals surface area contributed by atoms with Crippen molar-refractivity contribution in [1.29, 1.82) is 0 Å². The zero-order chi connectivity index (χ0) is 8.97. The average molecular weight is 171 g/mol. The molecular weight excluding hydrogens is 154 g/mol. The Bertz CT molecular complexity index is 147. The van der Waals surface area contributed by atoms with Crippen molar-refractivity contribution in [3.05, 3.63) is 0 Å². The predicted octanol–water partition coefficient (Wildman–Crippen LogP) is 1.03. The van der Waals surface area contributed by atoms with Crippen LogP contribution in [0.3, 0.4) is 0 Å². The van der Waals surface area contributed by atoms with Gasteiger partial charge in [0, 0.05) is 12.6 Å². The van der Waals surface area contributed by atoms with Gasteiger partial charge in [0.05, 0.1) is 0 Å². The molecular formula is C9H17NO2. The van der Waals surface area contributed by atoms with E-state index in [9.17, 15) is 4.79 Å². The Balaban J connectivity index is 2.34. The number of carbonyl (C=O) groups excluding carboxylic acids is 1. The van der Waals surface area contributed by atoms with Gasteiger partial charge in [0.25, 0.3) is 6.47 Å². The Morgan fingerprint density at radius 1 is 1.58 bits per heavy atom. The lowest BCUT2D eigenvalue weighted by atomic mass is 10.1. The highest BCUT2D eigenvalue weighted by molar-refractivity contribution is 5.37. The SMILES string of the molecule is CC(C)N1CCC[C@@H](OC=O)C1. The van der Waals surface area contributed by atoms with Crippen LogP contribution in [-0.2, 0) is 9.53 Å². The third-order valence-corrected chi connectivity index (χ3v) is 2.39. The van der Waals surface area contributed by atoms with E-state index in [1.807, 2.05) is 0 Å². The molecule has 70 valence electrons. The van der Waals surface area contributed by atoms with E-state index in [4.69, 9.17) is 4.74 Å². The number of ether oxygens (including phenoxy) is 1. The van der Waals surface area contributed by atoms with Crippen LogP contribution in [0.1, 0.15) is 26.7 Å². The van der Waals surface area contributed by atoms with Crippen LogP contribution in [0.4, 0.5) is 0 Å². The number of carbonyl (C=O) groups is 1. The average Bonchev–Trinajstić information content (AvgIpc) is 2.05. The van der Waals surface area contributed by atoms with Gasteiger partial charge >= 0.3 is 0 Å². The summed E-state index contributed by atoms with van der Waals surface area (Å²) in [4.78, 5) is 12.5. The first-order valence-electron chi connectivity index (χ1n) is 4.57. The summed E-state index contributed by atoms with van der Waals surface area (Å²) in [5, 5.41) is 0. The number of rotatable bonds is 3. The van der Waals surface area contributed by atoms with Crippen LogP contribution >= 0.6 is 0 Å². The van der Waals surface area contributed by atoms with Crippen LogP contribution in [0.5, 0.6) is 0 Å². The lowest BCUT2D eigenvalue weighted by Crippen LogP contribution is -2.43. The van der Waals surface area contributed by atoms with Gasteiger partial charge in [-0.3, -0.25) is 9.69 Å². The third-order valence-electron chi connectivity index (χ3n) is 2.39. The number of hydrogen-bond donors (Lipinski definition) is 0. The van der Waals surface area contributed by atoms with Gasteiger partial charge in [-0.15, -0.1) is 0 Å². The lowest BCUT2D eigenvalue weighted by molar-refractivity contribution is -0.136. The van der Waals surface area contributed by atoms with Crippen LogP contribution in [0, 0.1) is 0 Å². The van der Waals surface area contributed by atoms with Crippen molar-refractivity contribution in [2.75, 3.05) is 13.1 Å². The molecule has 3 nitrogen and oxygen atoms in total. The van der Waals surface area contributed by atoms with E-state index < -0.39 is 0 Å². The molecule has 0 saturated carbocycles. The predicted molar refractivity (Wildman–Crippen MR) is 46.9 cm³/mol. The Hall–Kier alpha value is -0.570. The molecule has 1 aliphatic rings. The van der Waals surface area contributed by atoms with Crippen molar-refractivity contribution in [2.45, 2.75) is 38.8 Å². The molecule has 1 atom stereocenters. The molecule has 0 radical (unpaired) electrons. The molecule has 1 fully saturated rings. The first-order valence-corrected chi connectivity index (χ1v) is 4.57. The minimum atomic E-state index is 0.124. The second-order valence-corrected chi connectivity index (χ2v) is 3.59. The standard InChI is InChI=1S/C9H17NO2/c1-8(2)10-5-3-4-9(6-10)12-7-11/h7-9H,3-6H2,1-2H3/t9-/m1/s1. The summed E-state index contributed by atoms with van der Waals surface area (Å²) in [7, 11) is 0. The van der Waals surface area contributed by atoms with Gasteiger partial charge in [-0.25, -0.2) is 0 Å². The van der Waals surface area contributed by atoms with Crippen molar-refractivity contribution in [1.82, 2.24) is 4.90 Å². The molecule has 1 aliphatic heterocycles. The smallest absolute Gasteiger partial charge is 0.293 e. The van der Waals surface area contributed by atoms with Crippen molar-refractivity contribution in [3.8, 4) is 0 Å². The molecule has 0 unspecified atom stereocenters. The van der Waals surface area contributed by atoms with E-state index in [0.29, 0.717) is 12.5 Å². The maximum absolute atomic E-state index is 10.1. The molecule has 12 heavy (non-hydrogen) atoms. The second-order valence-electron chi connectivity index (χ2n) is 3.59. The molecule has 0 amide bonds. The quantitative estimate of drug-likeness (QED) is 0.594. The summed E-state index contributed by atoms with van der Waals surface area (Å²) in [6.45, 7) is 6.94. The van der Waals surface area contributed by atoms with Gasteiger partial charge in [-0.05, 0) is 33.2 Å². The van der Waals surface area contributed by atoms with E-state index in [0.717, 1.165) is 25.9 Å². The summed E-state index contributed by atoms with van der Waals surface area (Å²) in [6.07, 6.45) is 2.28. The van der Waals surface area contributed by atoms with Gasteiger partial charge in [-0.1, -0.05) is 0 Å². The second kappa shape index (κ2) is 4.45.